The van der Waals surface area contributed by atoms with Crippen LogP contribution in [0.3, 0.4) is 0 Å². The lowest BCUT2D eigenvalue weighted by molar-refractivity contribution is 0.204. The lowest BCUT2D eigenvalue weighted by Crippen LogP contribution is -2.32. The van der Waals surface area contributed by atoms with Gasteiger partial charge in [-0.15, -0.1) is 0 Å². The molecule has 0 spiro atoms. The number of aliphatic hydroxyl groups is 1. The number of anilines is 1. The van der Waals surface area contributed by atoms with Crippen molar-refractivity contribution in [3.05, 3.63) is 29.6 Å². The molecule has 3 N–H and O–H groups in total. The third kappa shape index (κ3) is 3.69. The van der Waals surface area contributed by atoms with Crippen LogP contribution in [0.1, 0.15) is 24.9 Å². The standard InChI is InChI=1S/C15H24FN3O/c1-12(17)13-3-4-15(14(16)11-13)19-6-2-5-18(7-8-19)9-10-20/h3-4,11-12,20H,2,5-10,17H2,1H3/t12-/m1/s1. The Morgan fingerprint density at radius 2 is 2.10 bits per heavy atom. The molecule has 0 saturated carbocycles. The van der Waals surface area contributed by atoms with E-state index in [0.717, 1.165) is 38.2 Å². The summed E-state index contributed by atoms with van der Waals surface area (Å²) < 4.78 is 14.2. The molecule has 1 saturated heterocycles. The summed E-state index contributed by atoms with van der Waals surface area (Å²) in [6.45, 7) is 6.17. The number of nitrogens with two attached hydrogens (primary N) is 1. The van der Waals surface area contributed by atoms with E-state index in [1.54, 1.807) is 0 Å². The lowest BCUT2D eigenvalue weighted by atomic mass is 10.1. The zero-order valence-electron chi connectivity index (χ0n) is 12.1. The molecule has 1 atom stereocenters. The fourth-order valence-corrected chi connectivity index (χ4v) is 2.64. The van der Waals surface area contributed by atoms with Gasteiger partial charge in [-0.25, -0.2) is 4.39 Å². The molecule has 0 aliphatic carbocycles. The van der Waals surface area contributed by atoms with Crippen molar-refractivity contribution >= 4 is 5.69 Å². The predicted molar refractivity (Wildman–Crippen MR) is 79.4 cm³/mol. The highest BCUT2D eigenvalue weighted by Gasteiger charge is 2.17. The van der Waals surface area contributed by atoms with Gasteiger partial charge in [0.15, 0.2) is 0 Å². The van der Waals surface area contributed by atoms with Crippen LogP contribution in [0.4, 0.5) is 10.1 Å². The first-order valence-electron chi connectivity index (χ1n) is 7.25. The topological polar surface area (TPSA) is 52.7 Å². The Morgan fingerprint density at radius 3 is 2.75 bits per heavy atom. The molecule has 0 unspecified atom stereocenters. The van der Waals surface area contributed by atoms with Crippen molar-refractivity contribution in [3.63, 3.8) is 0 Å². The molecule has 4 nitrogen and oxygen atoms in total. The largest absolute Gasteiger partial charge is 0.395 e. The number of halogens is 1. The smallest absolute Gasteiger partial charge is 0.146 e. The Labute approximate surface area is 120 Å². The minimum atomic E-state index is -0.199. The molecule has 0 radical (unpaired) electrons. The third-order valence-corrected chi connectivity index (χ3v) is 3.84. The van der Waals surface area contributed by atoms with E-state index in [4.69, 9.17) is 10.8 Å². The quantitative estimate of drug-likeness (QED) is 0.875. The highest BCUT2D eigenvalue weighted by Crippen LogP contribution is 2.23. The Kier molecular flexibility index (Phi) is 5.34. The van der Waals surface area contributed by atoms with Crippen molar-refractivity contribution < 1.29 is 9.50 Å². The van der Waals surface area contributed by atoms with Gasteiger partial charge in [0.25, 0.3) is 0 Å². The molecule has 2 rings (SSSR count). The summed E-state index contributed by atoms with van der Waals surface area (Å²) in [7, 11) is 0. The van der Waals surface area contributed by atoms with E-state index >= 15 is 0 Å². The number of rotatable bonds is 4. The second kappa shape index (κ2) is 7.02. The van der Waals surface area contributed by atoms with Gasteiger partial charge < -0.3 is 15.7 Å². The van der Waals surface area contributed by atoms with Crippen molar-refractivity contribution in [1.82, 2.24) is 4.90 Å². The summed E-state index contributed by atoms with van der Waals surface area (Å²) in [6, 6.07) is 5.12. The van der Waals surface area contributed by atoms with Gasteiger partial charge in [0.1, 0.15) is 5.82 Å². The molecule has 0 amide bonds. The van der Waals surface area contributed by atoms with E-state index in [1.165, 1.54) is 6.07 Å². The van der Waals surface area contributed by atoms with Crippen LogP contribution in [-0.4, -0.2) is 49.3 Å². The normalized spacial score (nSPS) is 18.9. The maximum atomic E-state index is 14.2. The number of hydrogen-bond donors (Lipinski definition) is 2. The predicted octanol–water partition coefficient (Wildman–Crippen LogP) is 1.35. The minimum absolute atomic E-state index is 0.150. The first-order chi connectivity index (χ1) is 9.61. The second-order valence-electron chi connectivity index (χ2n) is 5.41. The van der Waals surface area contributed by atoms with E-state index in [2.05, 4.69) is 9.80 Å². The van der Waals surface area contributed by atoms with Crippen molar-refractivity contribution in [1.29, 1.82) is 0 Å². The fourth-order valence-electron chi connectivity index (χ4n) is 2.64. The van der Waals surface area contributed by atoms with Crippen molar-refractivity contribution in [2.24, 2.45) is 5.73 Å². The number of nitrogens with zero attached hydrogens (tertiary/aromatic N) is 2. The summed E-state index contributed by atoms with van der Waals surface area (Å²) in [4.78, 5) is 4.30. The molecular weight excluding hydrogens is 257 g/mol. The average Bonchev–Trinajstić information content (AvgIpc) is 2.65. The molecule has 0 aromatic heterocycles. The Bertz CT molecular complexity index is 439. The SMILES string of the molecule is C[C@@H](N)c1ccc(N2CCCN(CCO)CC2)c(F)c1. The van der Waals surface area contributed by atoms with E-state index in [1.807, 2.05) is 19.1 Å². The van der Waals surface area contributed by atoms with E-state index < -0.39 is 0 Å². The van der Waals surface area contributed by atoms with Crippen LogP contribution >= 0.6 is 0 Å². The van der Waals surface area contributed by atoms with Crippen LogP contribution in [-0.2, 0) is 0 Å². The zero-order valence-corrected chi connectivity index (χ0v) is 12.1. The average molecular weight is 281 g/mol. The molecule has 112 valence electrons. The summed E-state index contributed by atoms with van der Waals surface area (Å²) in [5, 5.41) is 8.99. The van der Waals surface area contributed by atoms with Gasteiger partial charge in [0.2, 0.25) is 0 Å². The molecule has 1 aromatic rings. The van der Waals surface area contributed by atoms with E-state index in [9.17, 15) is 4.39 Å². The Hall–Kier alpha value is -1.17. The first kappa shape index (κ1) is 15.2. The van der Waals surface area contributed by atoms with Crippen LogP contribution in [0.5, 0.6) is 0 Å². The zero-order chi connectivity index (χ0) is 14.5. The van der Waals surface area contributed by atoms with Gasteiger partial charge >= 0.3 is 0 Å². The number of hydrogen-bond acceptors (Lipinski definition) is 4. The Morgan fingerprint density at radius 1 is 1.30 bits per heavy atom. The van der Waals surface area contributed by atoms with Crippen LogP contribution in [0.15, 0.2) is 18.2 Å². The third-order valence-electron chi connectivity index (χ3n) is 3.84. The maximum Gasteiger partial charge on any atom is 0.146 e. The van der Waals surface area contributed by atoms with Crippen LogP contribution < -0.4 is 10.6 Å². The molecule has 1 heterocycles. The molecular formula is C15H24FN3O. The van der Waals surface area contributed by atoms with Gasteiger partial charge in [-0.2, -0.15) is 0 Å². The number of benzene rings is 1. The summed E-state index contributed by atoms with van der Waals surface area (Å²) >= 11 is 0. The molecule has 0 bridgehead atoms. The monoisotopic (exact) mass is 281 g/mol. The lowest BCUT2D eigenvalue weighted by Gasteiger charge is -2.24. The minimum Gasteiger partial charge on any atom is -0.395 e. The summed E-state index contributed by atoms with van der Waals surface area (Å²) in [5.41, 5.74) is 7.25. The summed E-state index contributed by atoms with van der Waals surface area (Å²) in [6.07, 6.45) is 0.981. The maximum absolute atomic E-state index is 14.2. The van der Waals surface area contributed by atoms with Gasteiger partial charge in [0.05, 0.1) is 12.3 Å². The molecule has 20 heavy (non-hydrogen) atoms. The fraction of sp³-hybridized carbons (Fsp3) is 0.600. The van der Waals surface area contributed by atoms with Crippen LogP contribution in [0, 0.1) is 5.82 Å². The van der Waals surface area contributed by atoms with Gasteiger partial charge in [-0.1, -0.05) is 6.07 Å². The van der Waals surface area contributed by atoms with Crippen molar-refractivity contribution in [2.75, 3.05) is 44.2 Å². The van der Waals surface area contributed by atoms with Crippen molar-refractivity contribution in [3.8, 4) is 0 Å². The van der Waals surface area contributed by atoms with Gasteiger partial charge in [-0.05, 0) is 37.6 Å². The molecule has 1 aliphatic heterocycles. The van der Waals surface area contributed by atoms with Gasteiger partial charge in [0, 0.05) is 32.2 Å². The van der Waals surface area contributed by atoms with E-state index in [-0.39, 0.29) is 18.5 Å². The highest BCUT2D eigenvalue weighted by molar-refractivity contribution is 5.49. The second-order valence-corrected chi connectivity index (χ2v) is 5.41. The van der Waals surface area contributed by atoms with Crippen LogP contribution in [0.25, 0.3) is 0 Å². The molecule has 1 fully saturated rings. The molecule has 1 aromatic carbocycles. The Balaban J connectivity index is 2.07. The number of β-amino-alcohol motifs (C(OH)–C–C–N with tert-alkyl or cyclic N) is 1. The van der Waals surface area contributed by atoms with Gasteiger partial charge in [-0.3, -0.25) is 4.90 Å². The molecule has 5 heteroatoms. The van der Waals surface area contributed by atoms with Crippen LogP contribution in [0.2, 0.25) is 0 Å². The van der Waals surface area contributed by atoms with E-state index in [0.29, 0.717) is 12.2 Å². The van der Waals surface area contributed by atoms with Crippen molar-refractivity contribution in [2.45, 2.75) is 19.4 Å². The molecule has 1 aliphatic rings. The highest BCUT2D eigenvalue weighted by atomic mass is 19.1. The summed E-state index contributed by atoms with van der Waals surface area (Å²) in [5.74, 6) is -0.199. The first-order valence-corrected chi connectivity index (χ1v) is 7.25. The number of aliphatic hydroxyl groups excluding tert-OH is 1.